The molecule has 0 saturated carbocycles. The summed E-state index contributed by atoms with van der Waals surface area (Å²) in [4.78, 5) is 6.87. The molecule has 0 saturated heterocycles. The van der Waals surface area contributed by atoms with E-state index in [0.29, 0.717) is 10.7 Å². The van der Waals surface area contributed by atoms with Gasteiger partial charge in [-0.1, -0.05) is 32.1 Å². The van der Waals surface area contributed by atoms with Crippen LogP contribution in [0.4, 0.5) is 5.82 Å². The van der Waals surface area contributed by atoms with Crippen LogP contribution in [0.1, 0.15) is 19.5 Å². The number of hydrogen-bond donors (Lipinski definition) is 2. The van der Waals surface area contributed by atoms with Crippen LogP contribution in [0.3, 0.4) is 0 Å². The molecule has 0 bridgehead atoms. The predicted molar refractivity (Wildman–Crippen MR) is 80.9 cm³/mol. The molecule has 0 spiro atoms. The average molecular weight is 266 g/mol. The van der Waals surface area contributed by atoms with Gasteiger partial charge in [-0.2, -0.15) is 0 Å². The minimum Gasteiger partial charge on any atom is -0.388 e. The number of rotatable bonds is 6. The Morgan fingerprint density at radius 1 is 1.44 bits per heavy atom. The Bertz CT molecular complexity index is 415. The van der Waals surface area contributed by atoms with Gasteiger partial charge >= 0.3 is 0 Å². The molecular formula is C13H22N4S. The molecule has 5 heteroatoms. The van der Waals surface area contributed by atoms with Crippen molar-refractivity contribution >= 4 is 23.0 Å². The van der Waals surface area contributed by atoms with Gasteiger partial charge in [-0.05, 0) is 31.6 Å². The normalized spacial score (nSPS) is 11.6. The molecular weight excluding hydrogens is 244 g/mol. The Morgan fingerprint density at radius 3 is 2.67 bits per heavy atom. The summed E-state index contributed by atoms with van der Waals surface area (Å²) in [6.07, 6.45) is 0. The molecule has 0 radical (unpaired) electrons. The third-order valence-corrected chi connectivity index (χ3v) is 2.70. The third-order valence-electron chi connectivity index (χ3n) is 2.49. The molecule has 0 amide bonds. The van der Waals surface area contributed by atoms with Crippen molar-refractivity contribution in [2.24, 2.45) is 11.1 Å². The number of aromatic nitrogens is 1. The first-order valence-corrected chi connectivity index (χ1v) is 6.36. The molecule has 0 aliphatic rings. The van der Waals surface area contributed by atoms with Gasteiger partial charge in [-0.15, -0.1) is 0 Å². The van der Waals surface area contributed by atoms with Gasteiger partial charge in [0.25, 0.3) is 0 Å². The molecule has 1 aromatic heterocycles. The molecule has 0 fully saturated rings. The van der Waals surface area contributed by atoms with Crippen LogP contribution < -0.4 is 11.1 Å². The topological polar surface area (TPSA) is 54.2 Å². The van der Waals surface area contributed by atoms with E-state index in [4.69, 9.17) is 18.0 Å². The zero-order valence-electron chi connectivity index (χ0n) is 11.5. The van der Waals surface area contributed by atoms with Gasteiger partial charge in [0.2, 0.25) is 0 Å². The minimum atomic E-state index is 0.171. The van der Waals surface area contributed by atoms with Crippen molar-refractivity contribution in [1.82, 2.24) is 9.88 Å². The molecule has 1 aromatic rings. The highest BCUT2D eigenvalue weighted by Gasteiger charge is 2.18. The standard InChI is InChI=1S/C13H22N4S/c1-13(2,9-17(3)4)8-15-11-7-5-6-10(16-11)12(14)18/h5-7H,8-9H2,1-4H3,(H2,14,18)(H,15,16). The summed E-state index contributed by atoms with van der Waals surface area (Å²) in [6.45, 7) is 6.29. The van der Waals surface area contributed by atoms with Gasteiger partial charge in [-0.25, -0.2) is 4.98 Å². The highest BCUT2D eigenvalue weighted by atomic mass is 32.1. The molecule has 18 heavy (non-hydrogen) atoms. The molecule has 0 atom stereocenters. The molecule has 100 valence electrons. The van der Waals surface area contributed by atoms with Crippen LogP contribution >= 0.6 is 12.2 Å². The smallest absolute Gasteiger partial charge is 0.126 e. The van der Waals surface area contributed by atoms with E-state index in [1.165, 1.54) is 0 Å². The quantitative estimate of drug-likeness (QED) is 0.768. The lowest BCUT2D eigenvalue weighted by atomic mass is 9.93. The Morgan fingerprint density at radius 2 is 2.11 bits per heavy atom. The van der Waals surface area contributed by atoms with Crippen molar-refractivity contribution in [3.8, 4) is 0 Å². The Labute approximate surface area is 115 Å². The molecule has 0 aliphatic heterocycles. The van der Waals surface area contributed by atoms with E-state index in [0.717, 1.165) is 18.9 Å². The van der Waals surface area contributed by atoms with Crippen LogP contribution in [0.5, 0.6) is 0 Å². The van der Waals surface area contributed by atoms with E-state index in [1.54, 1.807) is 0 Å². The lowest BCUT2D eigenvalue weighted by Gasteiger charge is -2.28. The van der Waals surface area contributed by atoms with Crippen LogP contribution in [0, 0.1) is 5.41 Å². The van der Waals surface area contributed by atoms with Gasteiger partial charge in [0.05, 0.1) is 5.69 Å². The number of nitrogens with one attached hydrogen (secondary N) is 1. The Hall–Kier alpha value is -1.20. The first-order valence-electron chi connectivity index (χ1n) is 5.96. The van der Waals surface area contributed by atoms with Crippen molar-refractivity contribution in [2.75, 3.05) is 32.5 Å². The fraction of sp³-hybridized carbons (Fsp3) is 0.538. The van der Waals surface area contributed by atoms with Crippen molar-refractivity contribution in [3.63, 3.8) is 0 Å². The number of nitrogens with two attached hydrogens (primary N) is 1. The largest absolute Gasteiger partial charge is 0.388 e. The minimum absolute atomic E-state index is 0.171. The maximum absolute atomic E-state index is 5.56. The Kier molecular flexibility index (Phi) is 5.04. The Balaban J connectivity index is 2.63. The number of nitrogens with zero attached hydrogens (tertiary/aromatic N) is 2. The number of hydrogen-bond acceptors (Lipinski definition) is 4. The van der Waals surface area contributed by atoms with E-state index in [9.17, 15) is 0 Å². The van der Waals surface area contributed by atoms with Crippen LogP contribution in [-0.4, -0.2) is 42.1 Å². The van der Waals surface area contributed by atoms with Crippen molar-refractivity contribution in [3.05, 3.63) is 23.9 Å². The van der Waals surface area contributed by atoms with E-state index in [2.05, 4.69) is 43.1 Å². The molecule has 1 heterocycles. The lowest BCUT2D eigenvalue weighted by Crippen LogP contribution is -2.34. The van der Waals surface area contributed by atoms with Gasteiger partial charge in [-0.3, -0.25) is 0 Å². The molecule has 1 rings (SSSR count). The SMILES string of the molecule is CN(C)CC(C)(C)CNc1cccc(C(N)=S)n1. The predicted octanol–water partition coefficient (Wildman–Crippen LogP) is 1.72. The highest BCUT2D eigenvalue weighted by Crippen LogP contribution is 2.17. The second-order valence-corrected chi connectivity index (χ2v) is 5.97. The van der Waals surface area contributed by atoms with Crippen LogP contribution in [0.15, 0.2) is 18.2 Å². The first-order chi connectivity index (χ1) is 8.30. The summed E-state index contributed by atoms with van der Waals surface area (Å²) in [7, 11) is 4.15. The van der Waals surface area contributed by atoms with Gasteiger partial charge < -0.3 is 16.0 Å². The van der Waals surface area contributed by atoms with Crippen molar-refractivity contribution < 1.29 is 0 Å². The number of anilines is 1. The molecule has 3 N–H and O–H groups in total. The van der Waals surface area contributed by atoms with Crippen LogP contribution in [0.2, 0.25) is 0 Å². The zero-order valence-corrected chi connectivity index (χ0v) is 12.3. The van der Waals surface area contributed by atoms with Crippen LogP contribution in [-0.2, 0) is 0 Å². The first kappa shape index (κ1) is 14.9. The fourth-order valence-electron chi connectivity index (χ4n) is 1.91. The maximum atomic E-state index is 5.56. The second kappa shape index (κ2) is 6.11. The summed E-state index contributed by atoms with van der Waals surface area (Å²) < 4.78 is 0. The summed E-state index contributed by atoms with van der Waals surface area (Å²) in [5.41, 5.74) is 6.39. The van der Waals surface area contributed by atoms with E-state index >= 15 is 0 Å². The highest BCUT2D eigenvalue weighted by molar-refractivity contribution is 7.80. The maximum Gasteiger partial charge on any atom is 0.126 e. The molecule has 4 nitrogen and oxygen atoms in total. The molecule has 0 aliphatic carbocycles. The van der Waals surface area contributed by atoms with Crippen LogP contribution in [0.25, 0.3) is 0 Å². The monoisotopic (exact) mass is 266 g/mol. The molecule has 0 aromatic carbocycles. The third kappa shape index (κ3) is 4.98. The summed E-state index contributed by atoms with van der Waals surface area (Å²) in [6, 6.07) is 5.65. The van der Waals surface area contributed by atoms with E-state index < -0.39 is 0 Å². The van der Waals surface area contributed by atoms with Gasteiger partial charge in [0.15, 0.2) is 0 Å². The van der Waals surface area contributed by atoms with E-state index in [1.807, 2.05) is 18.2 Å². The average Bonchev–Trinajstić information content (AvgIpc) is 2.25. The van der Waals surface area contributed by atoms with Crippen molar-refractivity contribution in [1.29, 1.82) is 0 Å². The molecule has 0 unspecified atom stereocenters. The fourth-order valence-corrected chi connectivity index (χ4v) is 2.03. The van der Waals surface area contributed by atoms with Crippen molar-refractivity contribution in [2.45, 2.75) is 13.8 Å². The summed E-state index contributed by atoms with van der Waals surface area (Å²) in [5.74, 6) is 0.812. The number of thiocarbonyl (C=S) groups is 1. The lowest BCUT2D eigenvalue weighted by molar-refractivity contribution is 0.254. The summed E-state index contributed by atoms with van der Waals surface area (Å²) >= 11 is 4.92. The zero-order chi connectivity index (χ0) is 13.8. The van der Waals surface area contributed by atoms with Gasteiger partial charge in [0.1, 0.15) is 10.8 Å². The van der Waals surface area contributed by atoms with Gasteiger partial charge in [0, 0.05) is 13.1 Å². The number of pyridine rings is 1. The van der Waals surface area contributed by atoms with E-state index in [-0.39, 0.29) is 5.41 Å². The second-order valence-electron chi connectivity index (χ2n) is 5.53. The summed E-state index contributed by atoms with van der Waals surface area (Å²) in [5, 5.41) is 3.33.